The fourth-order valence-corrected chi connectivity index (χ4v) is 12.0. The Labute approximate surface area is 349 Å². The highest BCUT2D eigenvalue weighted by atomic mass is 16.5. The fourth-order valence-electron chi connectivity index (χ4n) is 12.0. The molecule has 10 heteroatoms. The average Bonchev–Trinajstić information content (AvgIpc) is 3.94. The average molecular weight is 805 g/mol. The van der Waals surface area contributed by atoms with Crippen molar-refractivity contribution in [3.8, 4) is 23.3 Å². The number of aliphatic imine (C=N–C) groups is 1. The molecule has 6 aliphatic rings. The molecule has 8 unspecified atom stereocenters. The molecular formula is C49H64N4O6. The van der Waals surface area contributed by atoms with Gasteiger partial charge in [0, 0.05) is 50.1 Å². The number of Topliss-reactive ketones (excluding diaryl/α,β-unsaturated/α-hetero) is 2. The zero-order chi connectivity index (χ0) is 41.1. The molecule has 10 nitrogen and oxygen atoms in total. The number of benzene rings is 1. The summed E-state index contributed by atoms with van der Waals surface area (Å²) in [4.78, 5) is 35.2. The number of ether oxygens (including phenoxy) is 1. The van der Waals surface area contributed by atoms with Gasteiger partial charge in [0.2, 0.25) is 0 Å². The number of phenolic OH excluding ortho intramolecular Hbond substituents is 1. The number of ketones is 2. The summed E-state index contributed by atoms with van der Waals surface area (Å²) in [5.74, 6) is 9.28. The molecule has 4 fully saturated rings. The first-order chi connectivity index (χ1) is 28.5. The van der Waals surface area contributed by atoms with E-state index in [2.05, 4.69) is 33.2 Å². The number of allylic oxidation sites excluding steroid dienone is 1. The number of hydrogen-bond donors (Lipinski definition) is 5. The molecule has 316 valence electrons. The lowest BCUT2D eigenvalue weighted by Gasteiger charge is -2.49. The van der Waals surface area contributed by atoms with E-state index in [0.717, 1.165) is 60.1 Å². The normalized spacial score (nSPS) is 30.7. The van der Waals surface area contributed by atoms with E-state index in [1.807, 2.05) is 24.5 Å². The lowest BCUT2D eigenvalue weighted by atomic mass is 9.58. The molecule has 3 heterocycles. The van der Waals surface area contributed by atoms with Gasteiger partial charge >= 0.3 is 0 Å². The number of carbonyl (C=O) groups is 2. The molecule has 1 saturated heterocycles. The van der Waals surface area contributed by atoms with E-state index >= 15 is 0 Å². The largest absolute Gasteiger partial charge is 0.504 e. The molecule has 6 N–H and O–H groups in total. The van der Waals surface area contributed by atoms with Gasteiger partial charge in [-0.2, -0.15) is 0 Å². The second-order valence-electron chi connectivity index (χ2n) is 19.0. The number of hydrogen-bond acceptors (Lipinski definition) is 10. The second-order valence-corrected chi connectivity index (χ2v) is 19.0. The number of methoxy groups -OCH3 is 1. The van der Waals surface area contributed by atoms with Crippen molar-refractivity contribution in [1.82, 2.24) is 10.3 Å². The number of aliphatic hydroxyl groups excluding tert-OH is 2. The number of aliphatic hydroxyl groups is 2. The molecule has 8 atom stereocenters. The Balaban J connectivity index is 0.977. The third-order valence-corrected chi connectivity index (χ3v) is 15.4. The van der Waals surface area contributed by atoms with Gasteiger partial charge in [0.1, 0.15) is 17.0 Å². The summed E-state index contributed by atoms with van der Waals surface area (Å²) >= 11 is 0. The molecule has 0 bridgehead atoms. The van der Waals surface area contributed by atoms with Crippen LogP contribution in [0.1, 0.15) is 131 Å². The number of pyridine rings is 1. The highest BCUT2D eigenvalue weighted by Crippen LogP contribution is 2.55. The summed E-state index contributed by atoms with van der Waals surface area (Å²) < 4.78 is 5.49. The number of nitrogens with two attached hydrogens (primary N) is 1. The van der Waals surface area contributed by atoms with E-state index in [9.17, 15) is 24.9 Å². The van der Waals surface area contributed by atoms with Gasteiger partial charge in [-0.25, -0.2) is 4.98 Å². The van der Waals surface area contributed by atoms with Crippen molar-refractivity contribution in [2.24, 2.45) is 33.6 Å². The van der Waals surface area contributed by atoms with Crippen molar-refractivity contribution in [3.05, 3.63) is 58.3 Å². The van der Waals surface area contributed by atoms with E-state index < -0.39 is 17.6 Å². The van der Waals surface area contributed by atoms with Crippen LogP contribution in [0.25, 0.3) is 0 Å². The molecule has 0 radical (unpaired) electrons. The zero-order valence-electron chi connectivity index (χ0n) is 34.9. The van der Waals surface area contributed by atoms with Crippen LogP contribution in [0.15, 0.2) is 41.0 Å². The molecule has 1 aromatic heterocycles. The second kappa shape index (κ2) is 17.9. The highest BCUT2D eigenvalue weighted by molar-refractivity contribution is 5.89. The number of fused-ring (bicyclic) bond motifs is 2. The summed E-state index contributed by atoms with van der Waals surface area (Å²) in [6.07, 6.45) is 19.5. The number of aromatic nitrogens is 1. The van der Waals surface area contributed by atoms with Crippen molar-refractivity contribution < 1.29 is 29.6 Å². The Morgan fingerprint density at radius 2 is 1.90 bits per heavy atom. The number of piperidine rings is 1. The smallest absolute Gasteiger partial charge is 0.160 e. The minimum atomic E-state index is -1.14. The van der Waals surface area contributed by atoms with E-state index in [-0.39, 0.29) is 29.3 Å². The van der Waals surface area contributed by atoms with Gasteiger partial charge in [-0.15, -0.1) is 0 Å². The number of aryl methyl sites for hydroxylation is 2. The van der Waals surface area contributed by atoms with Crippen LogP contribution in [0.5, 0.6) is 11.5 Å². The molecule has 1 aromatic carbocycles. The first-order valence-corrected chi connectivity index (χ1v) is 22.5. The molecule has 1 spiro atoms. The van der Waals surface area contributed by atoms with Crippen LogP contribution < -0.4 is 15.8 Å². The predicted molar refractivity (Wildman–Crippen MR) is 229 cm³/mol. The molecule has 2 aromatic rings. The summed E-state index contributed by atoms with van der Waals surface area (Å²) in [6.45, 7) is 1.67. The molecular weight excluding hydrogens is 741 g/mol. The third kappa shape index (κ3) is 9.04. The van der Waals surface area contributed by atoms with Crippen LogP contribution in [0.4, 0.5) is 5.82 Å². The van der Waals surface area contributed by atoms with Crippen LogP contribution in [0.2, 0.25) is 0 Å². The predicted octanol–water partition coefficient (Wildman–Crippen LogP) is 6.75. The van der Waals surface area contributed by atoms with Crippen LogP contribution in [-0.2, 0) is 28.9 Å². The Hall–Kier alpha value is -4.04. The van der Waals surface area contributed by atoms with E-state index in [0.29, 0.717) is 105 Å². The van der Waals surface area contributed by atoms with E-state index in [1.54, 1.807) is 6.07 Å². The van der Waals surface area contributed by atoms with Crippen LogP contribution >= 0.6 is 0 Å². The first kappa shape index (κ1) is 41.7. The van der Waals surface area contributed by atoms with Crippen LogP contribution in [0.3, 0.4) is 0 Å². The van der Waals surface area contributed by atoms with Gasteiger partial charge in [-0.1, -0.05) is 30.8 Å². The van der Waals surface area contributed by atoms with Gasteiger partial charge in [0.25, 0.3) is 0 Å². The molecule has 2 aliphatic heterocycles. The van der Waals surface area contributed by atoms with Crippen molar-refractivity contribution in [1.29, 1.82) is 0 Å². The number of nitrogens with one attached hydrogen (secondary N) is 1. The lowest BCUT2D eigenvalue weighted by Crippen LogP contribution is -2.53. The Kier molecular flexibility index (Phi) is 12.6. The van der Waals surface area contributed by atoms with Crippen LogP contribution in [0, 0.1) is 40.4 Å². The maximum absolute atomic E-state index is 14.4. The standard InChI is InChI=1S/C49H64N4O6/c1-59-44-23-35-7-11-45(57)49(17-12-31(21-46(49)58)27-48(15-2-3-16-48)38-22-36-6-10-40(55)25-42(36)52-30-38)18-13-33(41(35)26-43(44)56)4-8-39(54)9-5-34-24-47(50)53-29-37(34)20-32-14-19-51-28-32/h14,23-24,26,28-29,31,33,36,38-39,42,46,52,54,56,58H,2-12,15-17,19-22,25,27,30H2,1H3,(H2,50,53). The van der Waals surface area contributed by atoms with E-state index in [1.165, 1.54) is 39.2 Å². The Morgan fingerprint density at radius 1 is 1.05 bits per heavy atom. The molecule has 4 aliphatic carbocycles. The van der Waals surface area contributed by atoms with Crippen molar-refractivity contribution in [3.63, 3.8) is 0 Å². The molecule has 59 heavy (non-hydrogen) atoms. The molecule has 3 saturated carbocycles. The van der Waals surface area contributed by atoms with Crippen LogP contribution in [-0.4, -0.2) is 76.5 Å². The summed E-state index contributed by atoms with van der Waals surface area (Å²) in [5, 5.41) is 38.3. The lowest BCUT2D eigenvalue weighted by molar-refractivity contribution is -0.135. The minimum absolute atomic E-state index is 0.00774. The van der Waals surface area contributed by atoms with Gasteiger partial charge in [0.05, 0.1) is 25.9 Å². The summed E-state index contributed by atoms with van der Waals surface area (Å²) in [5.41, 5.74) is 10.2. The zero-order valence-corrected chi connectivity index (χ0v) is 34.9. The SMILES string of the molecule is COc1cc2c(cc1O)C(CCC(O)CCc1cc(N)ncc1CC1=CCN=C1)C#CC1(CCC(CC3(C4CNC5CC(=O)CCC5C4)CCCC3)CC1O)C(=O)CC2. The van der Waals surface area contributed by atoms with Crippen molar-refractivity contribution in [2.45, 2.75) is 146 Å². The number of nitrogens with zero attached hydrogens (tertiary/aromatic N) is 2. The minimum Gasteiger partial charge on any atom is -0.504 e. The summed E-state index contributed by atoms with van der Waals surface area (Å²) in [7, 11) is 1.52. The Bertz CT molecular complexity index is 2010. The topological polar surface area (TPSA) is 167 Å². The maximum Gasteiger partial charge on any atom is 0.160 e. The number of aromatic hydroxyl groups is 1. The molecule has 8 rings (SSSR count). The van der Waals surface area contributed by atoms with Gasteiger partial charge in [-0.3, -0.25) is 14.6 Å². The van der Waals surface area contributed by atoms with Gasteiger partial charge in [0.15, 0.2) is 17.3 Å². The molecule has 0 amide bonds. The number of nitrogen functional groups attached to an aromatic ring is 1. The number of carbonyl (C=O) groups excluding carboxylic acids is 2. The van der Waals surface area contributed by atoms with Crippen molar-refractivity contribution in [2.75, 3.05) is 25.9 Å². The van der Waals surface area contributed by atoms with Crippen molar-refractivity contribution >= 4 is 23.6 Å². The third-order valence-electron chi connectivity index (χ3n) is 15.4. The van der Waals surface area contributed by atoms with Gasteiger partial charge in [-0.05, 0) is 159 Å². The van der Waals surface area contributed by atoms with E-state index in [4.69, 9.17) is 10.5 Å². The Morgan fingerprint density at radius 3 is 2.68 bits per heavy atom. The maximum atomic E-state index is 14.4. The quantitative estimate of drug-likeness (QED) is 0.146. The fraction of sp³-hybridized carbons (Fsp3) is 0.633. The highest BCUT2D eigenvalue weighted by Gasteiger charge is 2.51. The number of anilines is 1. The summed E-state index contributed by atoms with van der Waals surface area (Å²) in [6, 6.07) is 5.77. The number of phenols is 1. The first-order valence-electron chi connectivity index (χ1n) is 22.5. The van der Waals surface area contributed by atoms with Gasteiger partial charge < -0.3 is 31.1 Å². The monoisotopic (exact) mass is 804 g/mol. The number of rotatable bonds is 12.